The molecule has 1 N–H and O–H groups in total. The summed E-state index contributed by atoms with van der Waals surface area (Å²) in [6, 6.07) is 0. The van der Waals surface area contributed by atoms with Gasteiger partial charge in [0.25, 0.3) is 0 Å². The van der Waals surface area contributed by atoms with E-state index in [-0.39, 0.29) is 5.54 Å². The Morgan fingerprint density at radius 3 is 2.71 bits per heavy atom. The Kier molecular flexibility index (Phi) is 3.12. The number of anilines is 1. The van der Waals surface area contributed by atoms with Crippen molar-refractivity contribution in [2.75, 3.05) is 11.4 Å². The molecule has 0 aromatic carbocycles. The minimum absolute atomic E-state index is 0.0959. The van der Waals surface area contributed by atoms with Crippen molar-refractivity contribution in [1.29, 1.82) is 0 Å². The Morgan fingerprint density at radius 2 is 2.29 bits per heavy atom. The van der Waals surface area contributed by atoms with Gasteiger partial charge in [0, 0.05) is 12.1 Å². The van der Waals surface area contributed by atoms with E-state index in [1.165, 1.54) is 11.3 Å². The van der Waals surface area contributed by atoms with Crippen LogP contribution in [-0.2, 0) is 6.42 Å². The van der Waals surface area contributed by atoms with Gasteiger partial charge in [0.15, 0.2) is 5.13 Å². The van der Waals surface area contributed by atoms with Gasteiger partial charge in [-0.1, -0.05) is 18.3 Å². The molecule has 0 amide bonds. The van der Waals surface area contributed by atoms with Crippen molar-refractivity contribution < 1.29 is 9.90 Å². The van der Waals surface area contributed by atoms with Crippen LogP contribution in [0.5, 0.6) is 0 Å². The number of carbonyl (C=O) groups is 1. The number of hydrogen-bond acceptors (Lipinski definition) is 4. The molecule has 0 atom stereocenters. The number of carboxylic acids is 1. The highest BCUT2D eigenvalue weighted by Crippen LogP contribution is 2.37. The maximum atomic E-state index is 11.1. The molecule has 5 heteroatoms. The van der Waals surface area contributed by atoms with Crippen LogP contribution in [0.4, 0.5) is 5.13 Å². The average Bonchev–Trinajstić information content (AvgIpc) is 2.80. The van der Waals surface area contributed by atoms with Gasteiger partial charge in [-0.15, -0.1) is 0 Å². The smallest absolute Gasteiger partial charge is 0.347 e. The molecule has 0 unspecified atom stereocenters. The molecule has 17 heavy (non-hydrogen) atoms. The second kappa shape index (κ2) is 4.29. The molecule has 0 radical (unpaired) electrons. The second-order valence-electron chi connectivity index (χ2n) is 5.00. The van der Waals surface area contributed by atoms with Crippen molar-refractivity contribution in [3.05, 3.63) is 10.6 Å². The number of aromatic carboxylic acids is 1. The number of hydrogen-bond donors (Lipinski definition) is 1. The van der Waals surface area contributed by atoms with Gasteiger partial charge in [-0.25, -0.2) is 9.78 Å². The van der Waals surface area contributed by atoms with E-state index in [1.807, 2.05) is 6.92 Å². The number of aromatic nitrogens is 1. The standard InChI is InChI=1S/C12H18N2O2S/c1-4-8-9(10(15)16)17-11(13-8)14-7-5-6-12(14,2)3/h4-7H2,1-3H3,(H,15,16). The molecule has 1 aliphatic rings. The molecule has 0 saturated carbocycles. The third-order valence-corrected chi connectivity index (χ3v) is 4.46. The first kappa shape index (κ1) is 12.4. The zero-order valence-electron chi connectivity index (χ0n) is 10.5. The molecule has 2 heterocycles. The first-order valence-electron chi connectivity index (χ1n) is 5.96. The minimum atomic E-state index is -0.859. The van der Waals surface area contributed by atoms with Gasteiger partial charge in [-0.3, -0.25) is 0 Å². The lowest BCUT2D eigenvalue weighted by Crippen LogP contribution is -2.38. The Labute approximate surface area is 105 Å². The van der Waals surface area contributed by atoms with Gasteiger partial charge >= 0.3 is 5.97 Å². The summed E-state index contributed by atoms with van der Waals surface area (Å²) in [7, 11) is 0. The van der Waals surface area contributed by atoms with Gasteiger partial charge in [0.1, 0.15) is 4.88 Å². The van der Waals surface area contributed by atoms with Gasteiger partial charge < -0.3 is 10.0 Å². The number of thiazole rings is 1. The second-order valence-corrected chi connectivity index (χ2v) is 5.98. The van der Waals surface area contributed by atoms with Gasteiger partial charge in [-0.2, -0.15) is 0 Å². The normalized spacial score (nSPS) is 18.6. The Morgan fingerprint density at radius 1 is 1.59 bits per heavy atom. The molecule has 2 rings (SSSR count). The van der Waals surface area contributed by atoms with E-state index in [2.05, 4.69) is 23.7 Å². The van der Waals surface area contributed by atoms with Crippen molar-refractivity contribution >= 4 is 22.4 Å². The van der Waals surface area contributed by atoms with E-state index in [0.29, 0.717) is 17.0 Å². The van der Waals surface area contributed by atoms with Crippen LogP contribution in [0.1, 0.15) is 49.0 Å². The molecule has 1 fully saturated rings. The van der Waals surface area contributed by atoms with Crippen LogP contribution < -0.4 is 4.90 Å². The fraction of sp³-hybridized carbons (Fsp3) is 0.667. The lowest BCUT2D eigenvalue weighted by Gasteiger charge is -2.31. The molecule has 1 aromatic heterocycles. The molecule has 1 aliphatic heterocycles. The summed E-state index contributed by atoms with van der Waals surface area (Å²) in [4.78, 5) is 18.2. The molecule has 1 aromatic rings. The highest BCUT2D eigenvalue weighted by atomic mass is 32.1. The van der Waals surface area contributed by atoms with Gasteiger partial charge in [0.2, 0.25) is 0 Å². The lowest BCUT2D eigenvalue weighted by atomic mass is 10.0. The van der Waals surface area contributed by atoms with Crippen LogP contribution in [0, 0.1) is 0 Å². The fourth-order valence-electron chi connectivity index (χ4n) is 2.32. The quantitative estimate of drug-likeness (QED) is 0.901. The van der Waals surface area contributed by atoms with E-state index in [9.17, 15) is 4.79 Å². The van der Waals surface area contributed by atoms with Crippen LogP contribution in [-0.4, -0.2) is 28.1 Å². The Hall–Kier alpha value is -1.10. The van der Waals surface area contributed by atoms with Gasteiger partial charge in [-0.05, 0) is 33.1 Å². The summed E-state index contributed by atoms with van der Waals surface area (Å²) in [5, 5.41) is 10.00. The summed E-state index contributed by atoms with van der Waals surface area (Å²) in [6.45, 7) is 7.30. The zero-order valence-corrected chi connectivity index (χ0v) is 11.3. The summed E-state index contributed by atoms with van der Waals surface area (Å²) in [5.74, 6) is -0.859. The molecule has 0 spiro atoms. The lowest BCUT2D eigenvalue weighted by molar-refractivity contribution is 0.0701. The van der Waals surface area contributed by atoms with Crippen LogP contribution in [0.3, 0.4) is 0 Å². The SMILES string of the molecule is CCc1nc(N2CCCC2(C)C)sc1C(=O)O. The Bertz CT molecular complexity index is 440. The summed E-state index contributed by atoms with van der Waals surface area (Å²) >= 11 is 1.31. The molecular formula is C12H18N2O2S. The highest BCUT2D eigenvalue weighted by Gasteiger charge is 2.34. The molecule has 0 bridgehead atoms. The van der Waals surface area contributed by atoms with E-state index < -0.39 is 5.97 Å². The largest absolute Gasteiger partial charge is 0.477 e. The van der Waals surface area contributed by atoms with Crippen molar-refractivity contribution in [3.63, 3.8) is 0 Å². The monoisotopic (exact) mass is 254 g/mol. The summed E-state index contributed by atoms with van der Waals surface area (Å²) in [5.41, 5.74) is 0.804. The van der Waals surface area contributed by atoms with E-state index >= 15 is 0 Å². The molecule has 94 valence electrons. The van der Waals surface area contributed by atoms with E-state index in [0.717, 1.165) is 24.5 Å². The van der Waals surface area contributed by atoms with Crippen molar-refractivity contribution in [2.24, 2.45) is 0 Å². The predicted molar refractivity (Wildman–Crippen MR) is 69.1 cm³/mol. The van der Waals surface area contributed by atoms with E-state index in [4.69, 9.17) is 5.11 Å². The minimum Gasteiger partial charge on any atom is -0.477 e. The molecule has 4 nitrogen and oxygen atoms in total. The maximum Gasteiger partial charge on any atom is 0.347 e. The topological polar surface area (TPSA) is 53.4 Å². The number of aryl methyl sites for hydroxylation is 1. The van der Waals surface area contributed by atoms with Crippen molar-refractivity contribution in [3.8, 4) is 0 Å². The van der Waals surface area contributed by atoms with Crippen molar-refractivity contribution in [1.82, 2.24) is 4.98 Å². The number of nitrogens with zero attached hydrogens (tertiary/aromatic N) is 2. The first-order chi connectivity index (χ1) is 7.95. The molecule has 0 aliphatic carbocycles. The van der Waals surface area contributed by atoms with Gasteiger partial charge in [0.05, 0.1) is 5.69 Å². The molecule has 1 saturated heterocycles. The van der Waals surface area contributed by atoms with Crippen LogP contribution in [0.2, 0.25) is 0 Å². The summed E-state index contributed by atoms with van der Waals surface area (Å²) in [6.07, 6.45) is 2.96. The van der Waals surface area contributed by atoms with Crippen LogP contribution >= 0.6 is 11.3 Å². The fourth-order valence-corrected chi connectivity index (χ4v) is 3.51. The van der Waals surface area contributed by atoms with Crippen LogP contribution in [0.15, 0.2) is 0 Å². The average molecular weight is 254 g/mol. The third-order valence-electron chi connectivity index (χ3n) is 3.35. The highest BCUT2D eigenvalue weighted by molar-refractivity contribution is 7.17. The first-order valence-corrected chi connectivity index (χ1v) is 6.78. The maximum absolute atomic E-state index is 11.1. The summed E-state index contributed by atoms with van der Waals surface area (Å²) < 4.78 is 0. The number of rotatable bonds is 3. The molecular weight excluding hydrogens is 236 g/mol. The van der Waals surface area contributed by atoms with Crippen LogP contribution in [0.25, 0.3) is 0 Å². The number of carboxylic acid groups (broad SMARTS) is 1. The predicted octanol–water partition coefficient (Wildman–Crippen LogP) is 2.78. The third kappa shape index (κ3) is 2.16. The van der Waals surface area contributed by atoms with E-state index in [1.54, 1.807) is 0 Å². The Balaban J connectivity index is 2.37. The van der Waals surface area contributed by atoms with Crippen molar-refractivity contribution in [2.45, 2.75) is 45.6 Å². The zero-order chi connectivity index (χ0) is 12.6.